The predicted octanol–water partition coefficient (Wildman–Crippen LogP) is 4.43. The first-order valence-electron chi connectivity index (χ1n) is 9.89. The van der Waals surface area contributed by atoms with Crippen LogP contribution < -0.4 is 10.1 Å². The minimum atomic E-state index is -4.41. The van der Waals surface area contributed by atoms with Crippen LogP contribution in [0.5, 0.6) is 5.75 Å². The Bertz CT molecular complexity index is 1110. The molecule has 4 rings (SSSR count). The van der Waals surface area contributed by atoms with Gasteiger partial charge in [0.15, 0.2) is 0 Å². The van der Waals surface area contributed by atoms with Gasteiger partial charge in [0.05, 0.1) is 30.0 Å². The van der Waals surface area contributed by atoms with Gasteiger partial charge in [0, 0.05) is 29.1 Å². The van der Waals surface area contributed by atoms with Gasteiger partial charge in [-0.3, -0.25) is 4.79 Å². The molecule has 1 fully saturated rings. The summed E-state index contributed by atoms with van der Waals surface area (Å²) < 4.78 is 43.9. The number of amides is 1. The highest BCUT2D eigenvalue weighted by atomic mass is 19.4. The van der Waals surface area contributed by atoms with Crippen LogP contribution in [0.2, 0.25) is 0 Å². The van der Waals surface area contributed by atoms with Crippen molar-refractivity contribution >= 4 is 16.8 Å². The molecule has 1 aromatic heterocycles. The van der Waals surface area contributed by atoms with Gasteiger partial charge in [-0.25, -0.2) is 4.98 Å². The molecular weight excluding hydrogens is 409 g/mol. The van der Waals surface area contributed by atoms with E-state index in [-0.39, 0.29) is 18.4 Å². The largest absolute Gasteiger partial charge is 0.496 e. The first kappa shape index (κ1) is 21.1. The van der Waals surface area contributed by atoms with Crippen molar-refractivity contribution in [1.29, 1.82) is 0 Å². The fourth-order valence-electron chi connectivity index (χ4n) is 3.43. The number of carbonyl (C=O) groups is 1. The second-order valence-electron chi connectivity index (χ2n) is 7.63. The molecule has 1 aliphatic carbocycles. The second-order valence-corrected chi connectivity index (χ2v) is 7.63. The van der Waals surface area contributed by atoms with Gasteiger partial charge < -0.3 is 15.2 Å². The molecule has 0 spiro atoms. The van der Waals surface area contributed by atoms with Crippen molar-refractivity contribution < 1.29 is 27.8 Å². The van der Waals surface area contributed by atoms with Crippen LogP contribution in [-0.2, 0) is 6.18 Å². The average Bonchev–Trinajstić information content (AvgIpc) is 3.61. The van der Waals surface area contributed by atoms with Gasteiger partial charge in [0.2, 0.25) is 0 Å². The molecule has 0 bridgehead atoms. The SMILES string of the molecule is COc1cc(-c2ccc(C(F)(F)F)cc2)nc2cc(C(=O)NC[C@H](O)C3CC3)ccc12. The Balaban J connectivity index is 1.64. The molecule has 0 aliphatic heterocycles. The third-order valence-electron chi connectivity index (χ3n) is 5.40. The maximum absolute atomic E-state index is 12.8. The van der Waals surface area contributed by atoms with E-state index >= 15 is 0 Å². The van der Waals surface area contributed by atoms with Gasteiger partial charge in [0.25, 0.3) is 5.91 Å². The zero-order valence-electron chi connectivity index (χ0n) is 16.7. The highest BCUT2D eigenvalue weighted by molar-refractivity contribution is 5.99. The summed E-state index contributed by atoms with van der Waals surface area (Å²) in [4.78, 5) is 17.0. The van der Waals surface area contributed by atoms with Crippen molar-refractivity contribution in [1.82, 2.24) is 10.3 Å². The molecule has 2 aromatic carbocycles. The number of ether oxygens (including phenoxy) is 1. The van der Waals surface area contributed by atoms with Crippen LogP contribution in [0.1, 0.15) is 28.8 Å². The van der Waals surface area contributed by atoms with E-state index in [1.54, 1.807) is 24.3 Å². The zero-order chi connectivity index (χ0) is 22.2. The topological polar surface area (TPSA) is 71.5 Å². The number of alkyl halides is 3. The number of aliphatic hydroxyl groups excluding tert-OH is 1. The van der Waals surface area contributed by atoms with Crippen LogP contribution in [0.3, 0.4) is 0 Å². The molecule has 162 valence electrons. The maximum atomic E-state index is 12.8. The van der Waals surface area contributed by atoms with Crippen LogP contribution in [-0.4, -0.2) is 35.8 Å². The number of benzene rings is 2. The lowest BCUT2D eigenvalue weighted by atomic mass is 10.0. The lowest BCUT2D eigenvalue weighted by molar-refractivity contribution is -0.137. The van der Waals surface area contributed by atoms with Crippen molar-refractivity contribution in [2.45, 2.75) is 25.1 Å². The summed E-state index contributed by atoms with van der Waals surface area (Å²) >= 11 is 0. The van der Waals surface area contributed by atoms with E-state index in [1.807, 2.05) is 0 Å². The molecule has 2 N–H and O–H groups in total. The van der Waals surface area contributed by atoms with Crippen molar-refractivity contribution in [3.8, 4) is 17.0 Å². The summed E-state index contributed by atoms with van der Waals surface area (Å²) in [6, 6.07) is 11.3. The van der Waals surface area contributed by atoms with Gasteiger partial charge in [-0.1, -0.05) is 12.1 Å². The number of carbonyl (C=O) groups excluding carboxylic acids is 1. The summed E-state index contributed by atoms with van der Waals surface area (Å²) in [5.41, 5.74) is 1.03. The lowest BCUT2D eigenvalue weighted by Crippen LogP contribution is -2.33. The van der Waals surface area contributed by atoms with Gasteiger partial charge in [0.1, 0.15) is 5.75 Å². The summed E-state index contributed by atoms with van der Waals surface area (Å²) in [5.74, 6) is 0.424. The molecule has 8 heteroatoms. The Morgan fingerprint density at radius 3 is 2.52 bits per heavy atom. The molecule has 1 heterocycles. The van der Waals surface area contributed by atoms with Gasteiger partial charge in [-0.15, -0.1) is 0 Å². The maximum Gasteiger partial charge on any atom is 0.416 e. The van der Waals surface area contributed by atoms with Crippen LogP contribution in [0.25, 0.3) is 22.2 Å². The number of halogens is 3. The summed E-state index contributed by atoms with van der Waals surface area (Å²) in [7, 11) is 1.49. The summed E-state index contributed by atoms with van der Waals surface area (Å²) in [6.07, 6.45) is -3.01. The summed E-state index contributed by atoms with van der Waals surface area (Å²) in [5, 5.41) is 13.3. The van der Waals surface area contributed by atoms with E-state index in [1.165, 1.54) is 19.2 Å². The number of hydrogen-bond acceptors (Lipinski definition) is 4. The molecule has 1 aliphatic rings. The van der Waals surface area contributed by atoms with Gasteiger partial charge in [-0.05, 0) is 49.1 Å². The highest BCUT2D eigenvalue weighted by Gasteiger charge is 2.30. The molecule has 1 amide bonds. The minimum absolute atomic E-state index is 0.184. The number of aromatic nitrogens is 1. The smallest absolute Gasteiger partial charge is 0.416 e. The number of rotatable bonds is 6. The molecule has 31 heavy (non-hydrogen) atoms. The molecule has 1 saturated carbocycles. The van der Waals surface area contributed by atoms with E-state index in [9.17, 15) is 23.1 Å². The zero-order valence-corrected chi connectivity index (χ0v) is 16.7. The quantitative estimate of drug-likeness (QED) is 0.607. The number of hydrogen-bond donors (Lipinski definition) is 2. The molecule has 0 unspecified atom stereocenters. The minimum Gasteiger partial charge on any atom is -0.496 e. The van der Waals surface area contributed by atoms with E-state index in [0.29, 0.717) is 33.5 Å². The van der Waals surface area contributed by atoms with Crippen LogP contribution in [0.4, 0.5) is 13.2 Å². The predicted molar refractivity (Wildman–Crippen MR) is 110 cm³/mol. The van der Waals surface area contributed by atoms with Crippen molar-refractivity contribution in [3.05, 3.63) is 59.7 Å². The Hall–Kier alpha value is -3.13. The van der Waals surface area contributed by atoms with Crippen LogP contribution >= 0.6 is 0 Å². The monoisotopic (exact) mass is 430 g/mol. The third kappa shape index (κ3) is 4.64. The van der Waals surface area contributed by atoms with Gasteiger partial charge in [-0.2, -0.15) is 13.2 Å². The average molecular weight is 430 g/mol. The number of methoxy groups -OCH3 is 1. The third-order valence-corrected chi connectivity index (χ3v) is 5.40. The van der Waals surface area contributed by atoms with E-state index < -0.39 is 17.8 Å². The fraction of sp³-hybridized carbons (Fsp3) is 0.304. The first-order chi connectivity index (χ1) is 14.8. The normalized spacial score (nSPS) is 15.0. The fourth-order valence-corrected chi connectivity index (χ4v) is 3.43. The standard InChI is InChI=1S/C23H21F3N2O3/c1-31-21-11-18(13-4-7-16(8-5-13)23(24,25)26)28-19-10-15(6-9-17(19)21)22(30)27-12-20(29)14-2-3-14/h4-11,14,20,29H,2-3,12H2,1H3,(H,27,30)/t20-/m0/s1. The molecule has 1 atom stereocenters. The van der Waals surface area contributed by atoms with E-state index in [2.05, 4.69) is 10.3 Å². The number of aliphatic hydroxyl groups is 1. The number of fused-ring (bicyclic) bond motifs is 1. The number of nitrogens with one attached hydrogen (secondary N) is 1. The number of nitrogens with zero attached hydrogens (tertiary/aromatic N) is 1. The van der Waals surface area contributed by atoms with Crippen LogP contribution in [0, 0.1) is 5.92 Å². The Labute approximate surface area is 176 Å². The molecule has 0 radical (unpaired) electrons. The summed E-state index contributed by atoms with van der Waals surface area (Å²) in [6.45, 7) is 0.184. The molecule has 3 aromatic rings. The van der Waals surface area contributed by atoms with Crippen molar-refractivity contribution in [3.63, 3.8) is 0 Å². The molecular formula is C23H21F3N2O3. The Kier molecular flexibility index (Phi) is 5.58. The van der Waals surface area contributed by atoms with Crippen molar-refractivity contribution in [2.75, 3.05) is 13.7 Å². The Morgan fingerprint density at radius 1 is 1.19 bits per heavy atom. The van der Waals surface area contributed by atoms with Crippen LogP contribution in [0.15, 0.2) is 48.5 Å². The first-order valence-corrected chi connectivity index (χ1v) is 9.89. The number of pyridine rings is 1. The van der Waals surface area contributed by atoms with Crippen molar-refractivity contribution in [2.24, 2.45) is 5.92 Å². The van der Waals surface area contributed by atoms with E-state index in [4.69, 9.17) is 4.74 Å². The van der Waals surface area contributed by atoms with Gasteiger partial charge >= 0.3 is 6.18 Å². The lowest BCUT2D eigenvalue weighted by Gasteiger charge is -2.13. The second kappa shape index (κ2) is 8.19. The molecule has 5 nitrogen and oxygen atoms in total. The Morgan fingerprint density at radius 2 is 1.90 bits per heavy atom. The van der Waals surface area contributed by atoms with E-state index in [0.717, 1.165) is 25.0 Å². The highest BCUT2D eigenvalue weighted by Crippen LogP contribution is 2.34. The molecule has 0 saturated heterocycles.